The molecule has 0 bridgehead atoms. The van der Waals surface area contributed by atoms with Crippen molar-refractivity contribution in [3.63, 3.8) is 0 Å². The first-order valence-corrected chi connectivity index (χ1v) is 16.4. The van der Waals surface area contributed by atoms with E-state index in [1.165, 1.54) is 7.05 Å². The van der Waals surface area contributed by atoms with Crippen LogP contribution in [0.4, 0.5) is 0 Å². The summed E-state index contributed by atoms with van der Waals surface area (Å²) in [6, 6.07) is 10.7. The van der Waals surface area contributed by atoms with Gasteiger partial charge in [0.15, 0.2) is 0 Å². The predicted molar refractivity (Wildman–Crippen MR) is 165 cm³/mol. The van der Waals surface area contributed by atoms with Gasteiger partial charge in [-0.25, -0.2) is 18.1 Å². The Balaban J connectivity index is 1.08. The topological polar surface area (TPSA) is 96.3 Å². The highest BCUT2D eigenvalue weighted by molar-refractivity contribution is 7.89. The van der Waals surface area contributed by atoms with E-state index >= 15 is 0 Å². The number of nitrogens with zero attached hydrogens (tertiary/aromatic N) is 3. The second-order valence-corrected chi connectivity index (χ2v) is 13.9. The van der Waals surface area contributed by atoms with Crippen LogP contribution in [0, 0.1) is 5.92 Å². The van der Waals surface area contributed by atoms with E-state index in [2.05, 4.69) is 19.5 Å². The van der Waals surface area contributed by atoms with Gasteiger partial charge >= 0.3 is 0 Å². The second-order valence-electron chi connectivity index (χ2n) is 11.2. The standard InChI is InChI=1S/C30H37Cl2N5O3S/c1-33-41(39,40)24-9-11-28-27(18-24)35-30(36(28)2)22-13-15-37(16-14-22)19-21-3-7-23(8-4-21)34-29(38)12-6-20-5-10-25(31)26(32)17-20/h5-6,9-12,17-18,21-23,33H,3-4,7-8,13-16,19H2,1-2H3,(H,34,38)/b12-6+. The van der Waals surface area contributed by atoms with Crippen LogP contribution in [0.2, 0.25) is 10.0 Å². The van der Waals surface area contributed by atoms with Crippen molar-refractivity contribution in [3.8, 4) is 0 Å². The lowest BCUT2D eigenvalue weighted by Crippen LogP contribution is -2.41. The minimum absolute atomic E-state index is 0.0802. The molecule has 2 aliphatic rings. The zero-order valence-electron chi connectivity index (χ0n) is 23.4. The Kier molecular flexibility index (Phi) is 9.40. The summed E-state index contributed by atoms with van der Waals surface area (Å²) in [5.74, 6) is 1.96. The van der Waals surface area contributed by atoms with Crippen LogP contribution in [-0.4, -0.2) is 61.5 Å². The van der Waals surface area contributed by atoms with Gasteiger partial charge in [-0.15, -0.1) is 0 Å². The molecule has 1 saturated heterocycles. The quantitative estimate of drug-likeness (QED) is 0.332. The molecule has 0 radical (unpaired) electrons. The maximum absolute atomic E-state index is 12.4. The van der Waals surface area contributed by atoms with Crippen LogP contribution in [0.25, 0.3) is 17.1 Å². The van der Waals surface area contributed by atoms with Gasteiger partial charge < -0.3 is 14.8 Å². The smallest absolute Gasteiger partial charge is 0.244 e. The van der Waals surface area contributed by atoms with Gasteiger partial charge in [-0.05, 0) is 107 Å². The number of sulfonamides is 1. The van der Waals surface area contributed by atoms with E-state index in [-0.39, 0.29) is 16.8 Å². The Morgan fingerprint density at radius 2 is 1.76 bits per heavy atom. The number of hydrogen-bond donors (Lipinski definition) is 2. The van der Waals surface area contributed by atoms with Crippen molar-refractivity contribution in [1.82, 2.24) is 24.5 Å². The van der Waals surface area contributed by atoms with E-state index in [1.807, 2.05) is 19.2 Å². The number of benzene rings is 2. The summed E-state index contributed by atoms with van der Waals surface area (Å²) in [5, 5.41) is 4.12. The van der Waals surface area contributed by atoms with E-state index in [1.54, 1.807) is 36.4 Å². The summed E-state index contributed by atoms with van der Waals surface area (Å²) in [5.41, 5.74) is 2.51. The van der Waals surface area contributed by atoms with Crippen LogP contribution in [0.1, 0.15) is 55.8 Å². The Morgan fingerprint density at radius 1 is 1.02 bits per heavy atom. The molecule has 1 amide bonds. The minimum Gasteiger partial charge on any atom is -0.350 e. The van der Waals surface area contributed by atoms with Crippen LogP contribution < -0.4 is 10.0 Å². The molecule has 2 fully saturated rings. The zero-order valence-corrected chi connectivity index (χ0v) is 25.8. The molecule has 1 aliphatic carbocycles. The molecule has 1 saturated carbocycles. The molecule has 0 atom stereocenters. The molecule has 2 heterocycles. The third-order valence-corrected chi connectivity index (χ3v) is 10.7. The molecule has 3 aromatic rings. The largest absolute Gasteiger partial charge is 0.350 e. The number of rotatable bonds is 8. The Hall–Kier alpha value is -2.43. The summed E-state index contributed by atoms with van der Waals surface area (Å²) < 4.78 is 28.9. The fourth-order valence-electron chi connectivity index (χ4n) is 6.11. The van der Waals surface area contributed by atoms with Crippen LogP contribution in [-0.2, 0) is 21.9 Å². The Morgan fingerprint density at radius 3 is 2.44 bits per heavy atom. The Labute approximate surface area is 252 Å². The third kappa shape index (κ3) is 7.14. The minimum atomic E-state index is -3.50. The van der Waals surface area contributed by atoms with Gasteiger partial charge in [0.25, 0.3) is 0 Å². The number of hydrogen-bond acceptors (Lipinski definition) is 5. The molecule has 2 aromatic carbocycles. The lowest BCUT2D eigenvalue weighted by molar-refractivity contribution is -0.117. The average Bonchev–Trinajstić information content (AvgIpc) is 3.30. The molecule has 1 aliphatic heterocycles. The fraction of sp³-hybridized carbons (Fsp3) is 0.467. The van der Waals surface area contributed by atoms with Crippen molar-refractivity contribution in [2.45, 2.75) is 55.4 Å². The predicted octanol–water partition coefficient (Wildman–Crippen LogP) is 5.36. The summed E-state index contributed by atoms with van der Waals surface area (Å²) in [6.45, 7) is 3.16. The zero-order chi connectivity index (χ0) is 29.1. The van der Waals surface area contributed by atoms with E-state index in [4.69, 9.17) is 28.2 Å². The summed E-state index contributed by atoms with van der Waals surface area (Å²) in [4.78, 5) is 20.1. The molecule has 5 rings (SSSR count). The van der Waals surface area contributed by atoms with Gasteiger partial charge in [-0.2, -0.15) is 0 Å². The van der Waals surface area contributed by atoms with Crippen molar-refractivity contribution in [2.75, 3.05) is 26.7 Å². The van der Waals surface area contributed by atoms with E-state index in [0.29, 0.717) is 21.9 Å². The highest BCUT2D eigenvalue weighted by Crippen LogP contribution is 2.32. The van der Waals surface area contributed by atoms with Crippen LogP contribution in [0.15, 0.2) is 47.4 Å². The number of amides is 1. The number of aromatic nitrogens is 2. The van der Waals surface area contributed by atoms with Gasteiger partial charge in [-0.3, -0.25) is 4.79 Å². The number of imidazole rings is 1. The van der Waals surface area contributed by atoms with E-state index < -0.39 is 10.0 Å². The summed E-state index contributed by atoms with van der Waals surface area (Å²) >= 11 is 12.0. The van der Waals surface area contributed by atoms with Gasteiger partial charge in [-0.1, -0.05) is 29.3 Å². The maximum atomic E-state index is 12.4. The maximum Gasteiger partial charge on any atom is 0.244 e. The highest BCUT2D eigenvalue weighted by Gasteiger charge is 2.28. The fourth-order valence-corrected chi connectivity index (χ4v) is 7.17. The summed E-state index contributed by atoms with van der Waals surface area (Å²) in [7, 11) is -0.0670. The lowest BCUT2D eigenvalue weighted by atomic mass is 9.85. The number of fused-ring (bicyclic) bond motifs is 1. The molecular formula is C30H37Cl2N5O3S. The molecule has 41 heavy (non-hydrogen) atoms. The van der Waals surface area contributed by atoms with E-state index in [0.717, 1.165) is 80.6 Å². The SMILES string of the molecule is CNS(=O)(=O)c1ccc2c(c1)nc(C1CCN(CC3CCC(NC(=O)/C=C/c4ccc(Cl)c(Cl)c4)CC3)CC1)n2C. The van der Waals surface area contributed by atoms with Crippen molar-refractivity contribution < 1.29 is 13.2 Å². The van der Waals surface area contributed by atoms with E-state index in [9.17, 15) is 13.2 Å². The van der Waals surface area contributed by atoms with Gasteiger partial charge in [0.1, 0.15) is 5.82 Å². The van der Waals surface area contributed by atoms with Crippen LogP contribution in [0.3, 0.4) is 0 Å². The average molecular weight is 619 g/mol. The molecule has 11 heteroatoms. The molecule has 8 nitrogen and oxygen atoms in total. The molecule has 220 valence electrons. The van der Waals surface area contributed by atoms with Crippen molar-refractivity contribution in [1.29, 1.82) is 0 Å². The van der Waals surface area contributed by atoms with Gasteiger partial charge in [0, 0.05) is 31.6 Å². The molecular weight excluding hydrogens is 581 g/mol. The number of carbonyl (C=O) groups excluding carboxylic acids is 1. The van der Waals surface area contributed by atoms with Crippen molar-refractivity contribution in [2.24, 2.45) is 13.0 Å². The van der Waals surface area contributed by atoms with Crippen LogP contribution >= 0.6 is 23.2 Å². The monoisotopic (exact) mass is 617 g/mol. The first kappa shape index (κ1) is 30.0. The number of carbonyl (C=O) groups is 1. The van der Waals surface area contributed by atoms with Gasteiger partial charge in [0.2, 0.25) is 15.9 Å². The first-order valence-electron chi connectivity index (χ1n) is 14.2. The van der Waals surface area contributed by atoms with Crippen molar-refractivity contribution >= 4 is 56.2 Å². The van der Waals surface area contributed by atoms with Crippen LogP contribution in [0.5, 0.6) is 0 Å². The van der Waals surface area contributed by atoms with Crippen molar-refractivity contribution in [3.05, 3.63) is 63.9 Å². The lowest BCUT2D eigenvalue weighted by Gasteiger charge is -2.36. The molecule has 0 spiro atoms. The highest BCUT2D eigenvalue weighted by atomic mass is 35.5. The number of aryl methyl sites for hydroxylation is 1. The van der Waals surface area contributed by atoms with Gasteiger partial charge in [0.05, 0.1) is 26.0 Å². The summed E-state index contributed by atoms with van der Waals surface area (Å²) in [6.07, 6.45) is 9.62. The number of piperidine rings is 1. The number of halogens is 2. The molecule has 2 N–H and O–H groups in total. The molecule has 0 unspecified atom stereocenters. The second kappa shape index (κ2) is 12.8. The first-order chi connectivity index (χ1) is 19.6. The third-order valence-electron chi connectivity index (χ3n) is 8.50. The number of nitrogens with one attached hydrogen (secondary N) is 2. The number of likely N-dealkylation sites (tertiary alicyclic amines) is 1. The Bertz CT molecular complexity index is 1540. The molecule has 1 aromatic heterocycles. The normalized spacial score (nSPS) is 21.1.